The van der Waals surface area contributed by atoms with E-state index in [1.54, 1.807) is 13.8 Å². The number of carbonyl (C=O) groups excluding carboxylic acids is 2. The van der Waals surface area contributed by atoms with Gasteiger partial charge in [0.15, 0.2) is 11.9 Å². The van der Waals surface area contributed by atoms with Gasteiger partial charge in [-0.3, -0.25) is 14.9 Å². The second-order valence-electron chi connectivity index (χ2n) is 5.12. The van der Waals surface area contributed by atoms with Crippen molar-refractivity contribution in [3.05, 3.63) is 51.3 Å². The highest BCUT2D eigenvalue weighted by atomic mass is 16.6. The second kappa shape index (κ2) is 6.90. The first-order chi connectivity index (χ1) is 11.3. The van der Waals surface area contributed by atoms with Gasteiger partial charge in [-0.1, -0.05) is 11.2 Å². The lowest BCUT2D eigenvalue weighted by Crippen LogP contribution is -2.30. The Morgan fingerprint density at radius 2 is 2.04 bits per heavy atom. The molecule has 1 aromatic heterocycles. The molecule has 0 aliphatic rings. The summed E-state index contributed by atoms with van der Waals surface area (Å²) in [7, 11) is 0. The molecule has 126 valence electrons. The lowest BCUT2D eigenvalue weighted by molar-refractivity contribution is -0.385. The molecule has 0 radical (unpaired) electrons. The minimum atomic E-state index is -1.12. The van der Waals surface area contributed by atoms with Crippen LogP contribution in [0.4, 0.5) is 11.5 Å². The van der Waals surface area contributed by atoms with Crippen LogP contribution in [0.25, 0.3) is 0 Å². The standard InChI is InChI=1S/C15H15N3O6/c1-8-4-5-11(7-12(8)18(21)22)15(20)23-10(3)14(19)16-13-6-9(2)24-17-13/h4-7,10H,1-3H3,(H,16,17,19)/t10-/m1/s1. The van der Waals surface area contributed by atoms with E-state index in [0.29, 0.717) is 11.3 Å². The highest BCUT2D eigenvalue weighted by molar-refractivity contribution is 5.97. The van der Waals surface area contributed by atoms with Gasteiger partial charge < -0.3 is 14.6 Å². The van der Waals surface area contributed by atoms with Crippen molar-refractivity contribution in [1.82, 2.24) is 5.16 Å². The predicted octanol–water partition coefficient (Wildman–Crippen LogP) is 2.38. The topological polar surface area (TPSA) is 125 Å². The van der Waals surface area contributed by atoms with E-state index >= 15 is 0 Å². The van der Waals surface area contributed by atoms with Crippen LogP contribution in [0.15, 0.2) is 28.8 Å². The van der Waals surface area contributed by atoms with Crippen molar-refractivity contribution in [1.29, 1.82) is 0 Å². The number of esters is 1. The summed E-state index contributed by atoms with van der Waals surface area (Å²) in [6.07, 6.45) is -1.12. The number of benzene rings is 1. The van der Waals surface area contributed by atoms with E-state index in [9.17, 15) is 19.7 Å². The quantitative estimate of drug-likeness (QED) is 0.506. The lowest BCUT2D eigenvalue weighted by Gasteiger charge is -2.12. The van der Waals surface area contributed by atoms with E-state index < -0.39 is 22.9 Å². The molecule has 2 aromatic rings. The molecular formula is C15H15N3O6. The molecule has 0 saturated heterocycles. The number of ether oxygens (including phenoxy) is 1. The molecule has 9 heteroatoms. The zero-order chi connectivity index (χ0) is 17.9. The molecule has 1 N–H and O–H groups in total. The van der Waals surface area contributed by atoms with Gasteiger partial charge in [0.1, 0.15) is 5.76 Å². The first-order valence-electron chi connectivity index (χ1n) is 6.98. The lowest BCUT2D eigenvalue weighted by atomic mass is 10.1. The van der Waals surface area contributed by atoms with Crippen molar-refractivity contribution in [2.45, 2.75) is 26.9 Å². The van der Waals surface area contributed by atoms with Crippen LogP contribution in [-0.4, -0.2) is 28.1 Å². The van der Waals surface area contributed by atoms with Gasteiger partial charge in [-0.05, 0) is 26.8 Å². The Morgan fingerprint density at radius 1 is 1.33 bits per heavy atom. The van der Waals surface area contributed by atoms with E-state index in [-0.39, 0.29) is 17.1 Å². The third-order valence-corrected chi connectivity index (χ3v) is 3.17. The number of carbonyl (C=O) groups is 2. The molecule has 0 fully saturated rings. The normalized spacial score (nSPS) is 11.6. The van der Waals surface area contributed by atoms with Gasteiger partial charge in [-0.15, -0.1) is 0 Å². The van der Waals surface area contributed by atoms with Crippen molar-refractivity contribution in [3.63, 3.8) is 0 Å². The van der Waals surface area contributed by atoms with Crippen molar-refractivity contribution >= 4 is 23.4 Å². The molecule has 9 nitrogen and oxygen atoms in total. The fourth-order valence-electron chi connectivity index (χ4n) is 1.87. The maximum absolute atomic E-state index is 12.0. The van der Waals surface area contributed by atoms with E-state index in [2.05, 4.69) is 10.5 Å². The molecule has 1 amide bonds. The Morgan fingerprint density at radius 3 is 2.62 bits per heavy atom. The number of nitrogens with one attached hydrogen (secondary N) is 1. The average molecular weight is 333 g/mol. The van der Waals surface area contributed by atoms with Crippen LogP contribution in [0.1, 0.15) is 28.6 Å². The Bertz CT molecular complexity index is 798. The highest BCUT2D eigenvalue weighted by Crippen LogP contribution is 2.20. The summed E-state index contributed by atoms with van der Waals surface area (Å²) in [5.41, 5.74) is 0.215. The van der Waals surface area contributed by atoms with Crippen LogP contribution < -0.4 is 5.32 Å². The number of rotatable bonds is 5. The number of amides is 1. The molecule has 0 bridgehead atoms. The zero-order valence-corrected chi connectivity index (χ0v) is 13.2. The molecule has 0 aliphatic heterocycles. The van der Waals surface area contributed by atoms with Gasteiger partial charge in [0, 0.05) is 17.7 Å². The van der Waals surface area contributed by atoms with E-state index in [1.807, 2.05) is 0 Å². The third kappa shape index (κ3) is 3.94. The average Bonchev–Trinajstić information content (AvgIpc) is 2.92. The van der Waals surface area contributed by atoms with Gasteiger partial charge in [-0.25, -0.2) is 4.79 Å². The number of anilines is 1. The molecule has 0 saturated carbocycles. The largest absolute Gasteiger partial charge is 0.449 e. The number of nitro groups is 1. The van der Waals surface area contributed by atoms with Crippen molar-refractivity contribution < 1.29 is 23.8 Å². The maximum atomic E-state index is 12.0. The fourth-order valence-corrected chi connectivity index (χ4v) is 1.87. The summed E-state index contributed by atoms with van der Waals surface area (Å²) in [5, 5.41) is 16.9. The van der Waals surface area contributed by atoms with Crippen LogP contribution in [0, 0.1) is 24.0 Å². The van der Waals surface area contributed by atoms with Crippen LogP contribution in [0.5, 0.6) is 0 Å². The van der Waals surface area contributed by atoms with E-state index in [0.717, 1.165) is 6.07 Å². The van der Waals surface area contributed by atoms with Crippen molar-refractivity contribution in [2.24, 2.45) is 0 Å². The Kier molecular flexibility index (Phi) is 4.93. The number of aryl methyl sites for hydroxylation is 2. The molecule has 1 heterocycles. The summed E-state index contributed by atoms with van der Waals surface area (Å²) < 4.78 is 9.83. The summed E-state index contributed by atoms with van der Waals surface area (Å²) in [6.45, 7) is 4.60. The first-order valence-corrected chi connectivity index (χ1v) is 6.98. The molecule has 0 spiro atoms. The van der Waals surface area contributed by atoms with Crippen LogP contribution in [0.3, 0.4) is 0 Å². The highest BCUT2D eigenvalue weighted by Gasteiger charge is 2.22. The molecule has 1 atom stereocenters. The third-order valence-electron chi connectivity index (χ3n) is 3.17. The monoisotopic (exact) mass is 333 g/mol. The maximum Gasteiger partial charge on any atom is 0.339 e. The van der Waals surface area contributed by atoms with Gasteiger partial charge >= 0.3 is 5.97 Å². The number of hydrogen-bond acceptors (Lipinski definition) is 7. The summed E-state index contributed by atoms with van der Waals surface area (Å²) >= 11 is 0. The summed E-state index contributed by atoms with van der Waals surface area (Å²) in [6, 6.07) is 5.47. The number of hydrogen-bond donors (Lipinski definition) is 1. The molecule has 1 aromatic carbocycles. The Hall–Kier alpha value is -3.23. The van der Waals surface area contributed by atoms with E-state index in [4.69, 9.17) is 9.26 Å². The van der Waals surface area contributed by atoms with Gasteiger partial charge in [0.05, 0.1) is 10.5 Å². The molecule has 0 unspecified atom stereocenters. The van der Waals surface area contributed by atoms with Crippen LogP contribution >= 0.6 is 0 Å². The minimum absolute atomic E-state index is 0.00997. The zero-order valence-electron chi connectivity index (χ0n) is 13.2. The molecule has 24 heavy (non-hydrogen) atoms. The van der Waals surface area contributed by atoms with Gasteiger partial charge in [0.25, 0.3) is 11.6 Å². The fraction of sp³-hybridized carbons (Fsp3) is 0.267. The number of nitrogens with zero attached hydrogens (tertiary/aromatic N) is 2. The SMILES string of the molecule is Cc1cc(NC(=O)[C@@H](C)OC(=O)c2ccc(C)c([N+](=O)[O-])c2)no1. The smallest absolute Gasteiger partial charge is 0.339 e. The van der Waals surface area contributed by atoms with Gasteiger partial charge in [-0.2, -0.15) is 0 Å². The molecule has 0 aliphatic carbocycles. The van der Waals surface area contributed by atoms with Crippen LogP contribution in [-0.2, 0) is 9.53 Å². The van der Waals surface area contributed by atoms with Gasteiger partial charge in [0.2, 0.25) is 0 Å². The van der Waals surface area contributed by atoms with Crippen molar-refractivity contribution in [3.8, 4) is 0 Å². The number of nitro benzene ring substituents is 1. The minimum Gasteiger partial charge on any atom is -0.449 e. The first kappa shape index (κ1) is 17.1. The molecule has 2 rings (SSSR count). The van der Waals surface area contributed by atoms with Crippen LogP contribution in [0.2, 0.25) is 0 Å². The molecular weight excluding hydrogens is 318 g/mol. The van der Waals surface area contributed by atoms with E-state index in [1.165, 1.54) is 25.1 Å². The summed E-state index contributed by atoms with van der Waals surface area (Å²) in [4.78, 5) is 34.3. The summed E-state index contributed by atoms with van der Waals surface area (Å²) in [5.74, 6) is -0.719. The van der Waals surface area contributed by atoms with Crippen molar-refractivity contribution in [2.75, 3.05) is 5.32 Å². The Balaban J connectivity index is 2.04. The second-order valence-corrected chi connectivity index (χ2v) is 5.12. The Labute approximate surface area is 136 Å². The number of aromatic nitrogens is 1. The predicted molar refractivity (Wildman–Crippen MR) is 82.6 cm³/mol.